The second-order valence-corrected chi connectivity index (χ2v) is 3.60. The molecule has 0 fully saturated rings. The highest BCUT2D eigenvalue weighted by molar-refractivity contribution is 5.45. The van der Waals surface area contributed by atoms with E-state index in [0.717, 1.165) is 16.9 Å². The predicted octanol–water partition coefficient (Wildman–Crippen LogP) is 2.00. The molecule has 1 N–H and O–H groups in total. The largest absolute Gasteiger partial charge is 0.488 e. The predicted molar refractivity (Wildman–Crippen MR) is 69.0 cm³/mol. The molecular weight excluding hydrogens is 226 g/mol. The summed E-state index contributed by atoms with van der Waals surface area (Å²) >= 11 is 0. The van der Waals surface area contributed by atoms with Gasteiger partial charge in [0, 0.05) is 12.4 Å². The number of hydrogen-bond acceptors (Lipinski definition) is 3. The summed E-state index contributed by atoms with van der Waals surface area (Å²) in [5.41, 5.74) is 1.83. The molecule has 1 heterocycles. The van der Waals surface area contributed by atoms with Crippen LogP contribution < -0.4 is 4.74 Å². The molecule has 0 unspecified atom stereocenters. The fourth-order valence-corrected chi connectivity index (χ4v) is 1.47. The lowest BCUT2D eigenvalue weighted by atomic mass is 10.2. The maximum Gasteiger partial charge on any atom is 0.135 e. The molecule has 0 saturated heterocycles. The van der Waals surface area contributed by atoms with E-state index in [1.165, 1.54) is 0 Å². The number of ether oxygens (including phenoxy) is 1. The molecule has 0 saturated carbocycles. The Morgan fingerprint density at radius 2 is 1.89 bits per heavy atom. The van der Waals surface area contributed by atoms with Crippen molar-refractivity contribution in [2.75, 3.05) is 6.61 Å². The fraction of sp³-hybridized carbons (Fsp3) is 0.133. The van der Waals surface area contributed by atoms with Gasteiger partial charge in [0.1, 0.15) is 19.0 Å². The summed E-state index contributed by atoms with van der Waals surface area (Å²) in [4.78, 5) is 3.95. The Labute approximate surface area is 106 Å². The molecule has 3 heteroatoms. The summed E-state index contributed by atoms with van der Waals surface area (Å²) in [6, 6.07) is 11.3. The number of para-hydroxylation sites is 1. The van der Waals surface area contributed by atoms with Crippen LogP contribution in [0.3, 0.4) is 0 Å². The average molecular weight is 239 g/mol. The first-order chi connectivity index (χ1) is 8.90. The van der Waals surface area contributed by atoms with Crippen LogP contribution in [0.5, 0.6) is 5.75 Å². The Morgan fingerprint density at radius 1 is 1.11 bits per heavy atom. The standard InChI is InChI=1S/C15H13NO2/c17-11-3-5-14-4-1-2-6-15(14)18-12-13-7-9-16-10-8-13/h1-2,4,6-10,17H,11-12H2. The van der Waals surface area contributed by atoms with E-state index in [4.69, 9.17) is 9.84 Å². The maximum atomic E-state index is 8.70. The van der Waals surface area contributed by atoms with Gasteiger partial charge in [0.2, 0.25) is 0 Å². The molecule has 0 aliphatic heterocycles. The number of aliphatic hydroxyl groups excluding tert-OH is 1. The molecule has 0 aliphatic rings. The molecule has 0 spiro atoms. The van der Waals surface area contributed by atoms with Crippen molar-refractivity contribution in [1.82, 2.24) is 4.98 Å². The van der Waals surface area contributed by atoms with Gasteiger partial charge in [0.15, 0.2) is 0 Å². The van der Waals surface area contributed by atoms with Crippen molar-refractivity contribution in [3.63, 3.8) is 0 Å². The molecule has 0 amide bonds. The van der Waals surface area contributed by atoms with Crippen LogP contribution in [0.25, 0.3) is 0 Å². The zero-order valence-electron chi connectivity index (χ0n) is 9.84. The van der Waals surface area contributed by atoms with Crippen LogP contribution in [0.2, 0.25) is 0 Å². The second-order valence-electron chi connectivity index (χ2n) is 3.60. The first-order valence-electron chi connectivity index (χ1n) is 5.60. The van der Waals surface area contributed by atoms with E-state index in [2.05, 4.69) is 16.8 Å². The summed E-state index contributed by atoms with van der Waals surface area (Å²) in [7, 11) is 0. The third kappa shape index (κ3) is 3.34. The van der Waals surface area contributed by atoms with Gasteiger partial charge in [0.05, 0.1) is 5.56 Å². The van der Waals surface area contributed by atoms with Crippen LogP contribution >= 0.6 is 0 Å². The van der Waals surface area contributed by atoms with Gasteiger partial charge >= 0.3 is 0 Å². The number of nitrogens with zero attached hydrogens (tertiary/aromatic N) is 1. The zero-order valence-corrected chi connectivity index (χ0v) is 9.84. The normalized spacial score (nSPS) is 9.39. The van der Waals surface area contributed by atoms with E-state index in [9.17, 15) is 0 Å². The van der Waals surface area contributed by atoms with E-state index in [1.807, 2.05) is 36.4 Å². The van der Waals surface area contributed by atoms with Crippen LogP contribution in [0.4, 0.5) is 0 Å². The summed E-state index contributed by atoms with van der Waals surface area (Å²) in [5.74, 6) is 6.20. The van der Waals surface area contributed by atoms with E-state index in [1.54, 1.807) is 12.4 Å². The summed E-state index contributed by atoms with van der Waals surface area (Å²) in [5, 5.41) is 8.70. The van der Waals surface area contributed by atoms with Gasteiger partial charge < -0.3 is 9.84 Å². The SMILES string of the molecule is OCC#Cc1ccccc1OCc1ccncc1. The summed E-state index contributed by atoms with van der Waals surface area (Å²) in [6.45, 7) is 0.318. The van der Waals surface area contributed by atoms with Crippen molar-refractivity contribution in [1.29, 1.82) is 0 Å². The lowest BCUT2D eigenvalue weighted by Crippen LogP contribution is -1.97. The van der Waals surface area contributed by atoms with Crippen molar-refractivity contribution in [3.8, 4) is 17.6 Å². The molecule has 0 bridgehead atoms. The maximum absolute atomic E-state index is 8.70. The molecule has 0 radical (unpaired) electrons. The van der Waals surface area contributed by atoms with E-state index in [0.29, 0.717) is 6.61 Å². The Kier molecular flexibility index (Phi) is 4.34. The fourth-order valence-electron chi connectivity index (χ4n) is 1.47. The van der Waals surface area contributed by atoms with Crippen LogP contribution in [0.15, 0.2) is 48.8 Å². The zero-order chi connectivity index (χ0) is 12.6. The van der Waals surface area contributed by atoms with Crippen molar-refractivity contribution in [2.45, 2.75) is 6.61 Å². The minimum Gasteiger partial charge on any atom is -0.488 e. The highest BCUT2D eigenvalue weighted by Gasteiger charge is 2.00. The number of benzene rings is 1. The van der Waals surface area contributed by atoms with Crippen molar-refractivity contribution < 1.29 is 9.84 Å². The lowest BCUT2D eigenvalue weighted by molar-refractivity contribution is 0.305. The third-order valence-corrected chi connectivity index (χ3v) is 2.33. The van der Waals surface area contributed by atoms with E-state index < -0.39 is 0 Å². The number of aromatic nitrogens is 1. The summed E-state index contributed by atoms with van der Waals surface area (Å²) in [6.07, 6.45) is 3.46. The number of aliphatic hydroxyl groups is 1. The first kappa shape index (κ1) is 12.2. The molecular formula is C15H13NO2. The minimum atomic E-state index is -0.154. The van der Waals surface area contributed by atoms with Gasteiger partial charge in [-0.2, -0.15) is 0 Å². The Bertz CT molecular complexity index is 555. The number of pyridine rings is 1. The quantitative estimate of drug-likeness (QED) is 0.833. The average Bonchev–Trinajstić information content (AvgIpc) is 2.45. The topological polar surface area (TPSA) is 42.4 Å². The number of rotatable bonds is 3. The molecule has 2 aromatic rings. The van der Waals surface area contributed by atoms with Crippen LogP contribution in [0, 0.1) is 11.8 Å². The highest BCUT2D eigenvalue weighted by atomic mass is 16.5. The van der Waals surface area contributed by atoms with Gasteiger partial charge in [-0.3, -0.25) is 4.98 Å². The number of hydrogen-bond donors (Lipinski definition) is 1. The molecule has 1 aromatic heterocycles. The van der Waals surface area contributed by atoms with Crippen LogP contribution in [-0.4, -0.2) is 16.7 Å². The van der Waals surface area contributed by atoms with Crippen LogP contribution in [0.1, 0.15) is 11.1 Å². The van der Waals surface area contributed by atoms with E-state index in [-0.39, 0.29) is 6.61 Å². The summed E-state index contributed by atoms with van der Waals surface area (Å²) < 4.78 is 5.71. The molecule has 3 nitrogen and oxygen atoms in total. The molecule has 0 atom stereocenters. The van der Waals surface area contributed by atoms with E-state index >= 15 is 0 Å². The van der Waals surface area contributed by atoms with Gasteiger partial charge in [0.25, 0.3) is 0 Å². The van der Waals surface area contributed by atoms with Crippen LogP contribution in [-0.2, 0) is 6.61 Å². The van der Waals surface area contributed by atoms with Gasteiger partial charge in [-0.05, 0) is 29.8 Å². The van der Waals surface area contributed by atoms with Gasteiger partial charge in [-0.15, -0.1) is 0 Å². The Balaban J connectivity index is 2.09. The lowest BCUT2D eigenvalue weighted by Gasteiger charge is -2.07. The van der Waals surface area contributed by atoms with Gasteiger partial charge in [-0.1, -0.05) is 24.0 Å². The minimum absolute atomic E-state index is 0.154. The second kappa shape index (κ2) is 6.43. The Morgan fingerprint density at radius 3 is 2.67 bits per heavy atom. The Hall–Kier alpha value is -2.31. The molecule has 18 heavy (non-hydrogen) atoms. The molecule has 90 valence electrons. The first-order valence-corrected chi connectivity index (χ1v) is 5.60. The van der Waals surface area contributed by atoms with Crippen molar-refractivity contribution in [3.05, 3.63) is 59.9 Å². The third-order valence-electron chi connectivity index (χ3n) is 2.33. The van der Waals surface area contributed by atoms with Crippen molar-refractivity contribution in [2.24, 2.45) is 0 Å². The highest BCUT2D eigenvalue weighted by Crippen LogP contribution is 2.18. The molecule has 2 rings (SSSR count). The molecule has 1 aromatic carbocycles. The van der Waals surface area contributed by atoms with Gasteiger partial charge in [-0.25, -0.2) is 0 Å². The molecule has 0 aliphatic carbocycles. The smallest absolute Gasteiger partial charge is 0.135 e. The van der Waals surface area contributed by atoms with Crippen molar-refractivity contribution >= 4 is 0 Å². The monoisotopic (exact) mass is 239 g/mol.